The van der Waals surface area contributed by atoms with Gasteiger partial charge in [-0.25, -0.2) is 0 Å². The molecule has 0 saturated carbocycles. The van der Waals surface area contributed by atoms with Gasteiger partial charge < -0.3 is 9.80 Å². The smallest absolute Gasteiger partial charge is 0.227 e. The highest BCUT2D eigenvalue weighted by Crippen LogP contribution is 2.36. The number of fused-ring (bicyclic) bond motifs is 2. The minimum Gasteiger partial charge on any atom is -0.333 e. The van der Waals surface area contributed by atoms with Crippen molar-refractivity contribution in [3.05, 3.63) is 99.9 Å². The number of rotatable bonds is 4. The molecule has 4 heterocycles. The Bertz CT molecular complexity index is 1280. The number of benzene rings is 2. The minimum atomic E-state index is 0.201. The normalized spacial score (nSPS) is 22.0. The second kappa shape index (κ2) is 8.48. The first kappa shape index (κ1) is 21.2. The lowest BCUT2D eigenvalue weighted by atomic mass is 9.88. The van der Waals surface area contributed by atoms with Crippen LogP contribution in [0.15, 0.2) is 65.8 Å². The van der Waals surface area contributed by atoms with Crippen molar-refractivity contribution in [2.45, 2.75) is 45.3 Å². The van der Waals surface area contributed by atoms with Crippen LogP contribution >= 0.6 is 0 Å². The van der Waals surface area contributed by atoms with Gasteiger partial charge in [-0.3, -0.25) is 14.8 Å². The van der Waals surface area contributed by atoms with Crippen molar-refractivity contribution in [1.29, 1.82) is 0 Å². The van der Waals surface area contributed by atoms with Crippen LogP contribution in [0.25, 0.3) is 0 Å². The summed E-state index contributed by atoms with van der Waals surface area (Å²) in [6, 6.07) is 19.6. The zero-order valence-electron chi connectivity index (χ0n) is 19.9. The van der Waals surface area contributed by atoms with Crippen LogP contribution in [0.3, 0.4) is 0 Å². The van der Waals surface area contributed by atoms with E-state index in [9.17, 15) is 4.79 Å². The second-order valence-electron chi connectivity index (χ2n) is 9.76. The Balaban J connectivity index is 1.33. The number of nitrogens with zero attached hydrogens (tertiary/aromatic N) is 4. The molecule has 1 amide bonds. The molecule has 0 N–H and O–H groups in total. The molecular formula is C29H30N4O. The summed E-state index contributed by atoms with van der Waals surface area (Å²) in [5.41, 5.74) is 9.37. The summed E-state index contributed by atoms with van der Waals surface area (Å²) in [6.45, 7) is 8.53. The predicted octanol–water partition coefficient (Wildman–Crippen LogP) is 4.11. The van der Waals surface area contributed by atoms with E-state index >= 15 is 0 Å². The molecule has 0 spiro atoms. The quantitative estimate of drug-likeness (QED) is 0.601. The maximum Gasteiger partial charge on any atom is 0.227 e. The molecule has 5 heteroatoms. The number of hydrogen-bond donors (Lipinski definition) is 0. The van der Waals surface area contributed by atoms with Crippen LogP contribution in [-0.2, 0) is 24.3 Å². The van der Waals surface area contributed by atoms with Gasteiger partial charge in [0.15, 0.2) is 0 Å². The number of aromatic nitrogens is 1. The molecule has 1 saturated heterocycles. The van der Waals surface area contributed by atoms with Crippen LogP contribution in [-0.4, -0.2) is 52.1 Å². The van der Waals surface area contributed by atoms with E-state index in [1.54, 1.807) is 0 Å². The van der Waals surface area contributed by atoms with E-state index < -0.39 is 0 Å². The lowest BCUT2D eigenvalue weighted by Gasteiger charge is -2.37. The Labute approximate surface area is 201 Å². The summed E-state index contributed by atoms with van der Waals surface area (Å²) in [5, 5.41) is 0. The molecule has 3 aromatic rings. The van der Waals surface area contributed by atoms with Crippen molar-refractivity contribution in [3.63, 3.8) is 0 Å². The SMILES string of the molecule is CCN1CC(N2Cc3cc4c(cc3CC2=O)CN=C4c2ccnc(C)c2)[C@H](c2ccccc2)C1. The van der Waals surface area contributed by atoms with Gasteiger partial charge in [0.2, 0.25) is 5.91 Å². The zero-order chi connectivity index (χ0) is 23.2. The van der Waals surface area contributed by atoms with E-state index in [1.807, 2.05) is 19.2 Å². The number of likely N-dealkylation sites (tertiary alicyclic amines) is 1. The highest BCUT2D eigenvalue weighted by Gasteiger charge is 2.40. The molecule has 0 radical (unpaired) electrons. The Morgan fingerprint density at radius 3 is 2.65 bits per heavy atom. The topological polar surface area (TPSA) is 48.8 Å². The molecule has 1 fully saturated rings. The number of aryl methyl sites for hydroxylation is 1. The summed E-state index contributed by atoms with van der Waals surface area (Å²) in [6.07, 6.45) is 2.34. The van der Waals surface area contributed by atoms with Crippen LogP contribution in [0.1, 0.15) is 51.9 Å². The number of carbonyl (C=O) groups excluding carboxylic acids is 1. The van der Waals surface area contributed by atoms with Crippen molar-refractivity contribution in [2.75, 3.05) is 19.6 Å². The highest BCUT2D eigenvalue weighted by molar-refractivity contribution is 6.15. The van der Waals surface area contributed by atoms with Crippen molar-refractivity contribution >= 4 is 11.6 Å². The van der Waals surface area contributed by atoms with E-state index in [0.29, 0.717) is 25.4 Å². The molecule has 1 unspecified atom stereocenters. The summed E-state index contributed by atoms with van der Waals surface area (Å²) >= 11 is 0. The second-order valence-corrected chi connectivity index (χ2v) is 9.76. The van der Waals surface area contributed by atoms with Crippen LogP contribution in [0, 0.1) is 6.92 Å². The maximum absolute atomic E-state index is 13.4. The molecule has 34 heavy (non-hydrogen) atoms. The van der Waals surface area contributed by atoms with E-state index in [2.05, 4.69) is 70.2 Å². The number of hydrogen-bond acceptors (Lipinski definition) is 4. The number of amides is 1. The molecule has 5 nitrogen and oxygen atoms in total. The Hall–Kier alpha value is -3.31. The number of pyridine rings is 1. The summed E-state index contributed by atoms with van der Waals surface area (Å²) < 4.78 is 0. The first-order valence-corrected chi connectivity index (χ1v) is 12.3. The molecule has 3 aliphatic heterocycles. The van der Waals surface area contributed by atoms with Crippen molar-refractivity contribution in [2.24, 2.45) is 4.99 Å². The van der Waals surface area contributed by atoms with Crippen LogP contribution < -0.4 is 0 Å². The Morgan fingerprint density at radius 2 is 1.85 bits per heavy atom. The van der Waals surface area contributed by atoms with Gasteiger partial charge in [-0.2, -0.15) is 0 Å². The Morgan fingerprint density at radius 1 is 1.00 bits per heavy atom. The van der Waals surface area contributed by atoms with Gasteiger partial charge in [-0.15, -0.1) is 0 Å². The molecule has 3 aliphatic rings. The minimum absolute atomic E-state index is 0.201. The predicted molar refractivity (Wildman–Crippen MR) is 134 cm³/mol. The molecule has 0 aliphatic carbocycles. The first-order valence-electron chi connectivity index (χ1n) is 12.3. The largest absolute Gasteiger partial charge is 0.333 e. The van der Waals surface area contributed by atoms with Gasteiger partial charge in [0.1, 0.15) is 0 Å². The average molecular weight is 451 g/mol. The van der Waals surface area contributed by atoms with E-state index in [1.165, 1.54) is 27.8 Å². The van der Waals surface area contributed by atoms with E-state index in [0.717, 1.165) is 36.6 Å². The molecule has 6 rings (SSSR count). The molecule has 172 valence electrons. The third kappa shape index (κ3) is 3.64. The van der Waals surface area contributed by atoms with Gasteiger partial charge in [0, 0.05) is 48.6 Å². The summed E-state index contributed by atoms with van der Waals surface area (Å²) in [5.74, 6) is 0.596. The number of carbonyl (C=O) groups is 1. The summed E-state index contributed by atoms with van der Waals surface area (Å²) in [4.78, 5) is 27.2. The monoisotopic (exact) mass is 450 g/mol. The molecule has 1 aromatic heterocycles. The van der Waals surface area contributed by atoms with Crippen LogP contribution in [0.5, 0.6) is 0 Å². The molecule has 0 bridgehead atoms. The van der Waals surface area contributed by atoms with Gasteiger partial charge >= 0.3 is 0 Å². The lowest BCUT2D eigenvalue weighted by molar-refractivity contribution is -0.134. The average Bonchev–Trinajstić information content (AvgIpc) is 3.47. The van der Waals surface area contributed by atoms with Gasteiger partial charge in [-0.05, 0) is 53.9 Å². The van der Waals surface area contributed by atoms with Crippen molar-refractivity contribution in [1.82, 2.24) is 14.8 Å². The van der Waals surface area contributed by atoms with E-state index in [-0.39, 0.29) is 11.9 Å². The van der Waals surface area contributed by atoms with Crippen LogP contribution in [0.2, 0.25) is 0 Å². The first-order chi connectivity index (χ1) is 16.6. The standard InChI is InChI=1S/C29H30N4O/c1-3-32-17-26(20-7-5-4-6-8-20)27(18-32)33-16-24-13-25-23(12-22(24)14-28(33)34)15-31-29(25)21-9-10-30-19(2)11-21/h4-13,26-27H,3,14-18H2,1-2H3/t26-,27?/m0/s1. The van der Waals surface area contributed by atoms with E-state index in [4.69, 9.17) is 4.99 Å². The third-order valence-electron chi connectivity index (χ3n) is 7.70. The molecule has 2 atom stereocenters. The Kier molecular flexibility index (Phi) is 5.30. The van der Waals surface area contributed by atoms with Gasteiger partial charge in [0.25, 0.3) is 0 Å². The third-order valence-corrected chi connectivity index (χ3v) is 7.70. The fourth-order valence-electron chi connectivity index (χ4n) is 5.90. The zero-order valence-corrected chi connectivity index (χ0v) is 19.9. The van der Waals surface area contributed by atoms with Crippen LogP contribution in [0.4, 0.5) is 0 Å². The highest BCUT2D eigenvalue weighted by atomic mass is 16.2. The molecular weight excluding hydrogens is 420 g/mol. The maximum atomic E-state index is 13.4. The van der Waals surface area contributed by atoms with Gasteiger partial charge in [0.05, 0.1) is 24.7 Å². The fourth-order valence-corrected chi connectivity index (χ4v) is 5.90. The molecule has 2 aromatic carbocycles. The fraction of sp³-hybridized carbons (Fsp3) is 0.345. The van der Waals surface area contributed by atoms with Crippen molar-refractivity contribution < 1.29 is 4.79 Å². The van der Waals surface area contributed by atoms with Gasteiger partial charge in [-0.1, -0.05) is 43.3 Å². The van der Waals surface area contributed by atoms with Crippen molar-refractivity contribution in [3.8, 4) is 0 Å². The lowest BCUT2D eigenvalue weighted by Crippen LogP contribution is -2.47. The number of aliphatic imine (C=N–C) groups is 1. The number of likely N-dealkylation sites (N-methyl/N-ethyl adjacent to an activating group) is 1. The summed E-state index contributed by atoms with van der Waals surface area (Å²) in [7, 11) is 0.